The third-order valence-electron chi connectivity index (χ3n) is 10.5. The van der Waals surface area contributed by atoms with Crippen LogP contribution in [0.5, 0.6) is 0 Å². The van der Waals surface area contributed by atoms with Crippen molar-refractivity contribution in [3.8, 4) is 0 Å². The minimum absolute atomic E-state index is 0.00294. The van der Waals surface area contributed by atoms with Crippen molar-refractivity contribution in [2.75, 3.05) is 13.6 Å². The predicted molar refractivity (Wildman–Crippen MR) is 219 cm³/mol. The highest BCUT2D eigenvalue weighted by atomic mass is 16.5. The number of aromatic amines is 2. The third-order valence-corrected chi connectivity index (χ3v) is 10.5. The zero-order valence-electron chi connectivity index (χ0n) is 33.8. The highest BCUT2D eigenvalue weighted by Gasteiger charge is 2.39. The summed E-state index contributed by atoms with van der Waals surface area (Å²) in [4.78, 5) is 97.8. The van der Waals surface area contributed by atoms with E-state index in [0.717, 1.165) is 27.1 Å². The first-order chi connectivity index (χ1) is 28.5. The van der Waals surface area contributed by atoms with E-state index in [2.05, 4.69) is 31.2 Å². The number of amides is 5. The highest BCUT2D eigenvalue weighted by molar-refractivity contribution is 5.93. The van der Waals surface area contributed by atoms with Gasteiger partial charge in [-0.2, -0.15) is 0 Å². The number of aliphatic carboxylic acids is 1. The molecule has 1 unspecified atom stereocenters. The number of hydrogen-bond acceptors (Lipinski definition) is 10. The maximum atomic E-state index is 14.1. The number of H-pyrrole nitrogens is 2. The number of urea groups is 1. The molecule has 10 N–H and O–H groups in total. The monoisotopic (exact) mass is 831 g/mol. The fraction of sp³-hybridized carbons (Fsp3) is 0.439. The van der Waals surface area contributed by atoms with Crippen LogP contribution in [0.25, 0.3) is 10.9 Å². The summed E-state index contributed by atoms with van der Waals surface area (Å²) in [6.07, 6.45) is -0.0191. The van der Waals surface area contributed by atoms with Gasteiger partial charge in [0, 0.05) is 55.8 Å². The minimum Gasteiger partial charge on any atom is -0.480 e. The van der Waals surface area contributed by atoms with Gasteiger partial charge in [-0.25, -0.2) is 14.4 Å². The summed E-state index contributed by atoms with van der Waals surface area (Å²) < 4.78 is 6.89. The van der Waals surface area contributed by atoms with Crippen molar-refractivity contribution in [2.45, 2.75) is 95.1 Å². The van der Waals surface area contributed by atoms with Gasteiger partial charge in [0.2, 0.25) is 17.7 Å². The summed E-state index contributed by atoms with van der Waals surface area (Å²) in [5.74, 6) is -3.48. The topological polar surface area (TPSA) is 283 Å². The van der Waals surface area contributed by atoms with Crippen molar-refractivity contribution in [3.63, 3.8) is 0 Å². The van der Waals surface area contributed by atoms with Crippen LogP contribution in [-0.4, -0.2) is 115 Å². The average Bonchev–Trinajstić information content (AvgIpc) is 3.79. The van der Waals surface area contributed by atoms with Crippen LogP contribution in [0.15, 0.2) is 82.6 Å². The van der Waals surface area contributed by atoms with Crippen molar-refractivity contribution in [1.82, 2.24) is 40.7 Å². The first kappa shape index (κ1) is 44.8. The van der Waals surface area contributed by atoms with Gasteiger partial charge in [-0.1, -0.05) is 62.4 Å². The lowest BCUT2D eigenvalue weighted by Gasteiger charge is -2.34. The Morgan fingerprint density at radius 2 is 1.62 bits per heavy atom. The summed E-state index contributed by atoms with van der Waals surface area (Å²) in [6, 6.07) is 10.6. The number of fused-ring (bicyclic) bond motifs is 1. The Morgan fingerprint density at radius 3 is 2.30 bits per heavy atom. The number of benzene rings is 2. The van der Waals surface area contributed by atoms with Gasteiger partial charge in [0.15, 0.2) is 6.23 Å². The van der Waals surface area contributed by atoms with E-state index in [1.807, 2.05) is 68.4 Å². The molecular formula is C41H53N9O10. The zero-order chi connectivity index (χ0) is 43.7. The van der Waals surface area contributed by atoms with Gasteiger partial charge in [-0.15, -0.1) is 0 Å². The van der Waals surface area contributed by atoms with Gasteiger partial charge >= 0.3 is 17.7 Å². The third kappa shape index (κ3) is 11.5. The van der Waals surface area contributed by atoms with Crippen molar-refractivity contribution < 1.29 is 38.9 Å². The first-order valence-electron chi connectivity index (χ1n) is 19.7. The molecule has 322 valence electrons. The van der Waals surface area contributed by atoms with E-state index in [1.54, 1.807) is 13.1 Å². The normalized spacial score (nSPS) is 18.8. The van der Waals surface area contributed by atoms with Crippen LogP contribution in [0.4, 0.5) is 4.79 Å². The number of aliphatic hydroxyl groups is 1. The number of nitrogens with zero attached hydrogens (tertiary/aromatic N) is 2. The SMILES string of the molecule is CC(C)C[C@H](NC(=O)N[C@@H](Cc1c[nH]c2ccccc12)C(=O)O)C(=O)N[C@H](C(=O)NC[C@H]1C[C@@H](O)[C@H](n2ccc(=O)[nH]c2=O)O1)[C@H](C)N(C)C(=O)C(N)Cc1ccccc1. The van der Waals surface area contributed by atoms with Gasteiger partial charge in [-0.3, -0.25) is 28.7 Å². The Hall–Kier alpha value is -6.31. The summed E-state index contributed by atoms with van der Waals surface area (Å²) >= 11 is 0. The molecule has 5 rings (SSSR count). The van der Waals surface area contributed by atoms with E-state index in [4.69, 9.17) is 10.5 Å². The average molecular weight is 832 g/mol. The molecule has 60 heavy (non-hydrogen) atoms. The van der Waals surface area contributed by atoms with Crippen molar-refractivity contribution >= 4 is 40.6 Å². The number of rotatable bonds is 18. The van der Waals surface area contributed by atoms with Crippen molar-refractivity contribution in [1.29, 1.82) is 0 Å². The predicted octanol–water partition coefficient (Wildman–Crippen LogP) is 0.0940. The number of likely N-dealkylation sites (N-methyl/N-ethyl adjacent to an activating group) is 1. The second kappa shape index (κ2) is 20.1. The molecule has 5 amide bonds. The Kier molecular flexibility index (Phi) is 15.0. The number of carboxylic acids is 1. The van der Waals surface area contributed by atoms with E-state index in [9.17, 15) is 43.8 Å². The van der Waals surface area contributed by atoms with E-state index < -0.39 is 89.6 Å². The molecule has 2 aromatic heterocycles. The number of para-hydroxylation sites is 1. The summed E-state index contributed by atoms with van der Waals surface area (Å²) in [7, 11) is 1.45. The number of carbonyl (C=O) groups is 5. The van der Waals surface area contributed by atoms with Crippen LogP contribution < -0.4 is 38.2 Å². The van der Waals surface area contributed by atoms with Crippen LogP contribution in [0, 0.1) is 5.92 Å². The number of ether oxygens (including phenoxy) is 1. The Morgan fingerprint density at radius 1 is 0.933 bits per heavy atom. The highest BCUT2D eigenvalue weighted by Crippen LogP contribution is 2.27. The lowest BCUT2D eigenvalue weighted by molar-refractivity contribution is -0.139. The molecule has 0 spiro atoms. The quantitative estimate of drug-likeness (QED) is 0.0648. The number of aromatic nitrogens is 3. The molecule has 4 aromatic rings. The maximum absolute atomic E-state index is 14.1. The number of carbonyl (C=O) groups excluding carboxylic acids is 4. The number of nitrogens with one attached hydrogen (secondary N) is 6. The fourth-order valence-electron chi connectivity index (χ4n) is 7.15. The van der Waals surface area contributed by atoms with Crippen molar-refractivity contribution in [3.05, 3.63) is 105 Å². The lowest BCUT2D eigenvalue weighted by atomic mass is 10.0. The second-order valence-electron chi connectivity index (χ2n) is 15.4. The summed E-state index contributed by atoms with van der Waals surface area (Å²) in [5, 5.41) is 32.0. The number of hydrogen-bond donors (Lipinski definition) is 9. The molecule has 0 aliphatic carbocycles. The summed E-state index contributed by atoms with van der Waals surface area (Å²) in [6.45, 7) is 4.99. The Bertz CT molecular complexity index is 2260. The number of carboxylic acid groups (broad SMARTS) is 1. The Labute approximate surface area is 345 Å². The smallest absolute Gasteiger partial charge is 0.330 e. The molecule has 0 bridgehead atoms. The van der Waals surface area contributed by atoms with Crippen LogP contribution in [0.3, 0.4) is 0 Å². The van der Waals surface area contributed by atoms with E-state index >= 15 is 0 Å². The fourth-order valence-corrected chi connectivity index (χ4v) is 7.15. The second-order valence-corrected chi connectivity index (χ2v) is 15.4. The molecule has 2 aromatic carbocycles. The molecule has 19 heteroatoms. The van der Waals surface area contributed by atoms with E-state index in [0.29, 0.717) is 5.56 Å². The van der Waals surface area contributed by atoms with Gasteiger partial charge in [-0.05, 0) is 42.9 Å². The van der Waals surface area contributed by atoms with Gasteiger partial charge in [0.1, 0.15) is 24.2 Å². The largest absolute Gasteiger partial charge is 0.480 e. The maximum Gasteiger partial charge on any atom is 0.330 e. The molecular weight excluding hydrogens is 779 g/mol. The molecule has 1 aliphatic heterocycles. The molecule has 3 heterocycles. The molecule has 0 radical (unpaired) electrons. The van der Waals surface area contributed by atoms with Gasteiger partial charge < -0.3 is 51.8 Å². The van der Waals surface area contributed by atoms with Crippen LogP contribution in [0.2, 0.25) is 0 Å². The summed E-state index contributed by atoms with van der Waals surface area (Å²) in [5.41, 5.74) is 7.18. The van der Waals surface area contributed by atoms with Gasteiger partial charge in [0.05, 0.1) is 18.2 Å². The van der Waals surface area contributed by atoms with Crippen LogP contribution in [-0.2, 0) is 36.8 Å². The Balaban J connectivity index is 1.31. The van der Waals surface area contributed by atoms with Crippen molar-refractivity contribution in [2.24, 2.45) is 11.7 Å². The first-order valence-corrected chi connectivity index (χ1v) is 19.7. The van der Waals surface area contributed by atoms with Gasteiger partial charge in [0.25, 0.3) is 5.56 Å². The zero-order valence-corrected chi connectivity index (χ0v) is 33.8. The van der Waals surface area contributed by atoms with E-state index in [1.165, 1.54) is 18.1 Å². The van der Waals surface area contributed by atoms with Crippen LogP contribution >= 0.6 is 0 Å². The molecule has 1 saturated heterocycles. The molecule has 1 fully saturated rings. The lowest BCUT2D eigenvalue weighted by Crippen LogP contribution is -2.63. The standard InChI is InChI=1S/C41H53N9O10/c1-22(2)16-30(45-40(58)46-31(39(56)57)18-25-20-43-29-13-9-8-12-27(25)29)35(53)48-34(23(3)49(4)37(55)28(42)17-24-10-6-5-7-11-24)36(54)44-21-26-19-32(51)38(60-26)50-15-14-33(52)47-41(50)59/h5-15,20,22-23,26,28,30-32,34,38,43,51H,16-19,21,42H2,1-4H3,(H,44,54)(H,48,53)(H,56,57)(H2,45,46,58)(H,47,52,59)/t23-,26+,28?,30-,31-,32+,34-,38+/m0/s1. The molecule has 8 atom stereocenters. The molecule has 19 nitrogen and oxygen atoms in total. The molecule has 0 saturated carbocycles. The number of nitrogens with two attached hydrogens (primary N) is 1. The molecule has 1 aliphatic rings. The number of aliphatic hydroxyl groups excluding tert-OH is 1. The van der Waals surface area contributed by atoms with E-state index in [-0.39, 0.29) is 38.1 Å². The van der Waals surface area contributed by atoms with Crippen LogP contribution in [0.1, 0.15) is 51.0 Å². The minimum atomic E-state index is -1.42.